The molecule has 4 aromatic rings. The van der Waals surface area contributed by atoms with Crippen LogP contribution in [0.25, 0.3) is 22.4 Å². The normalized spacial score (nSPS) is 18.0. The summed E-state index contributed by atoms with van der Waals surface area (Å²) in [5.74, 6) is 0.552. The van der Waals surface area contributed by atoms with E-state index in [1.54, 1.807) is 11.8 Å². The molecule has 9 nitrogen and oxygen atoms in total. The van der Waals surface area contributed by atoms with Crippen molar-refractivity contribution >= 4 is 5.91 Å². The van der Waals surface area contributed by atoms with Gasteiger partial charge in [0.15, 0.2) is 0 Å². The van der Waals surface area contributed by atoms with Gasteiger partial charge in [0.05, 0.1) is 24.0 Å². The number of methoxy groups -OCH3 is 1. The number of amides is 1. The van der Waals surface area contributed by atoms with Crippen molar-refractivity contribution < 1.29 is 14.3 Å². The van der Waals surface area contributed by atoms with Crippen LogP contribution < -0.4 is 10.1 Å². The summed E-state index contributed by atoms with van der Waals surface area (Å²) in [6.45, 7) is 8.27. The van der Waals surface area contributed by atoms with Crippen LogP contribution >= 0.6 is 0 Å². The standard InChI is InChI=1S/C32H40N6O3/c1-7-38-11-10-31(35-38)25-13-23(12-24(14-25)26-17-33-37(5)18-26)22(3)34-32(39)30-16-28(9-8-21(30)2)41-20-27-15-29(40-6)19-36(27)4/h8-14,16-18,22,27,29H,7,15,19-20H2,1-6H3,(H,34,39)/t22-,27+,29-/m1/s1. The molecule has 1 aliphatic heterocycles. The van der Waals surface area contributed by atoms with Crippen molar-refractivity contribution in [3.8, 4) is 28.1 Å². The molecule has 1 saturated heterocycles. The van der Waals surface area contributed by atoms with Crippen LogP contribution in [0.15, 0.2) is 61.1 Å². The number of aromatic nitrogens is 4. The first-order valence-corrected chi connectivity index (χ1v) is 14.2. The molecule has 0 saturated carbocycles. The first-order valence-electron chi connectivity index (χ1n) is 14.2. The van der Waals surface area contributed by atoms with Crippen LogP contribution in [0.2, 0.25) is 0 Å². The number of ether oxygens (including phenoxy) is 2. The summed E-state index contributed by atoms with van der Waals surface area (Å²) in [4.78, 5) is 15.8. The summed E-state index contributed by atoms with van der Waals surface area (Å²) in [6, 6.07) is 14.1. The Morgan fingerprint density at radius 2 is 1.93 bits per heavy atom. The van der Waals surface area contributed by atoms with Gasteiger partial charge in [0.1, 0.15) is 12.4 Å². The lowest BCUT2D eigenvalue weighted by atomic mass is 9.96. The summed E-state index contributed by atoms with van der Waals surface area (Å²) in [5, 5.41) is 12.3. The molecule has 1 amide bonds. The lowest BCUT2D eigenvalue weighted by Crippen LogP contribution is -2.31. The van der Waals surface area contributed by atoms with Gasteiger partial charge in [-0.2, -0.15) is 10.2 Å². The van der Waals surface area contributed by atoms with Crippen molar-refractivity contribution in [1.29, 1.82) is 0 Å². The summed E-state index contributed by atoms with van der Waals surface area (Å²) in [7, 11) is 5.75. The zero-order chi connectivity index (χ0) is 29.1. The lowest BCUT2D eigenvalue weighted by Gasteiger charge is -2.20. The average molecular weight is 557 g/mol. The van der Waals surface area contributed by atoms with Gasteiger partial charge in [-0.15, -0.1) is 0 Å². The molecule has 3 heterocycles. The van der Waals surface area contributed by atoms with Gasteiger partial charge in [0.2, 0.25) is 0 Å². The Labute approximate surface area is 242 Å². The number of hydrogen-bond donors (Lipinski definition) is 1. The zero-order valence-electron chi connectivity index (χ0n) is 24.8. The molecule has 5 rings (SSSR count). The number of carbonyl (C=O) groups excluding carboxylic acids is 1. The highest BCUT2D eigenvalue weighted by atomic mass is 16.5. The third-order valence-corrected chi connectivity index (χ3v) is 7.98. The molecule has 2 aromatic carbocycles. The number of rotatable bonds is 10. The second kappa shape index (κ2) is 12.3. The van der Waals surface area contributed by atoms with E-state index in [1.807, 2.05) is 68.4 Å². The maximum atomic E-state index is 13.5. The predicted octanol–water partition coefficient (Wildman–Crippen LogP) is 4.87. The largest absolute Gasteiger partial charge is 0.492 e. The molecule has 2 aromatic heterocycles. The topological polar surface area (TPSA) is 86.4 Å². The quantitative estimate of drug-likeness (QED) is 0.300. The highest BCUT2D eigenvalue weighted by Gasteiger charge is 2.30. The predicted molar refractivity (Wildman–Crippen MR) is 160 cm³/mol. The van der Waals surface area contributed by atoms with Crippen molar-refractivity contribution in [3.05, 3.63) is 77.7 Å². The zero-order valence-corrected chi connectivity index (χ0v) is 24.8. The highest BCUT2D eigenvalue weighted by Crippen LogP contribution is 2.30. The van der Waals surface area contributed by atoms with Crippen LogP contribution in [0.4, 0.5) is 0 Å². The van der Waals surface area contributed by atoms with Crippen LogP contribution in [-0.4, -0.2) is 69.8 Å². The van der Waals surface area contributed by atoms with E-state index in [-0.39, 0.29) is 24.1 Å². The Kier molecular flexibility index (Phi) is 8.56. The monoisotopic (exact) mass is 556 g/mol. The van der Waals surface area contributed by atoms with Crippen LogP contribution in [0.5, 0.6) is 5.75 Å². The van der Waals surface area contributed by atoms with Gasteiger partial charge in [0, 0.05) is 62.4 Å². The van der Waals surface area contributed by atoms with E-state index in [4.69, 9.17) is 14.6 Å². The minimum absolute atomic E-state index is 0.138. The minimum Gasteiger partial charge on any atom is -0.492 e. The number of hydrogen-bond acceptors (Lipinski definition) is 6. The Hall–Kier alpha value is -3.95. The van der Waals surface area contributed by atoms with Crippen molar-refractivity contribution in [2.45, 2.75) is 51.9 Å². The van der Waals surface area contributed by atoms with E-state index in [9.17, 15) is 4.79 Å². The third-order valence-electron chi connectivity index (χ3n) is 7.98. The molecule has 0 spiro atoms. The third kappa shape index (κ3) is 6.52. The SMILES string of the molecule is CCn1ccc(-c2cc(-c3cnn(C)c3)cc([C@@H](C)NC(=O)c3cc(OC[C@@H]4C[C@@H](OC)CN4C)ccc3C)c2)n1. The molecule has 9 heteroatoms. The average Bonchev–Trinajstić information content (AvgIpc) is 3.72. The summed E-state index contributed by atoms with van der Waals surface area (Å²) in [6.07, 6.45) is 6.99. The second-order valence-electron chi connectivity index (χ2n) is 11.0. The highest BCUT2D eigenvalue weighted by molar-refractivity contribution is 5.96. The Morgan fingerprint density at radius 3 is 2.61 bits per heavy atom. The Morgan fingerprint density at radius 1 is 1.12 bits per heavy atom. The lowest BCUT2D eigenvalue weighted by molar-refractivity contribution is 0.0938. The van der Waals surface area contributed by atoms with E-state index < -0.39 is 0 Å². The summed E-state index contributed by atoms with van der Waals surface area (Å²) < 4.78 is 15.4. The van der Waals surface area contributed by atoms with Gasteiger partial charge >= 0.3 is 0 Å². The molecular formula is C32H40N6O3. The first kappa shape index (κ1) is 28.6. The molecule has 216 valence electrons. The van der Waals surface area contributed by atoms with Gasteiger partial charge in [0.25, 0.3) is 5.91 Å². The molecule has 0 aliphatic carbocycles. The number of aryl methyl sites for hydroxylation is 3. The summed E-state index contributed by atoms with van der Waals surface area (Å²) in [5.41, 5.74) is 6.41. The van der Waals surface area contributed by atoms with E-state index in [0.717, 1.165) is 53.0 Å². The van der Waals surface area contributed by atoms with Crippen molar-refractivity contribution in [1.82, 2.24) is 29.8 Å². The second-order valence-corrected chi connectivity index (χ2v) is 11.0. The van der Waals surface area contributed by atoms with Crippen molar-refractivity contribution in [2.75, 3.05) is 27.3 Å². The molecular weight excluding hydrogens is 516 g/mol. The molecule has 0 bridgehead atoms. The van der Waals surface area contributed by atoms with E-state index in [2.05, 4.69) is 47.5 Å². The molecule has 41 heavy (non-hydrogen) atoms. The van der Waals surface area contributed by atoms with Gasteiger partial charge in [-0.3, -0.25) is 19.1 Å². The van der Waals surface area contributed by atoms with Gasteiger partial charge in [-0.1, -0.05) is 6.07 Å². The van der Waals surface area contributed by atoms with Gasteiger partial charge < -0.3 is 14.8 Å². The van der Waals surface area contributed by atoms with Crippen LogP contribution in [-0.2, 0) is 18.3 Å². The molecule has 1 N–H and O–H groups in total. The number of likely N-dealkylation sites (N-methyl/N-ethyl adjacent to an activating group) is 1. The Bertz CT molecular complexity index is 1510. The Balaban J connectivity index is 1.35. The fourth-order valence-corrected chi connectivity index (χ4v) is 5.36. The van der Waals surface area contributed by atoms with Gasteiger partial charge in [-0.05, 0) is 87.3 Å². The number of likely N-dealkylation sites (tertiary alicyclic amines) is 1. The fourth-order valence-electron chi connectivity index (χ4n) is 5.36. The number of carbonyl (C=O) groups is 1. The first-order chi connectivity index (χ1) is 19.7. The van der Waals surface area contributed by atoms with Crippen LogP contribution in [0, 0.1) is 6.92 Å². The molecule has 1 fully saturated rings. The maximum Gasteiger partial charge on any atom is 0.252 e. The fraction of sp³-hybridized carbons (Fsp3) is 0.406. The summed E-state index contributed by atoms with van der Waals surface area (Å²) >= 11 is 0. The van der Waals surface area contributed by atoms with E-state index in [0.29, 0.717) is 17.9 Å². The number of benzene rings is 2. The number of nitrogens with zero attached hydrogens (tertiary/aromatic N) is 5. The van der Waals surface area contributed by atoms with E-state index >= 15 is 0 Å². The molecule has 1 aliphatic rings. The molecule has 3 atom stereocenters. The smallest absolute Gasteiger partial charge is 0.252 e. The maximum absolute atomic E-state index is 13.5. The van der Waals surface area contributed by atoms with Crippen LogP contribution in [0.3, 0.4) is 0 Å². The van der Waals surface area contributed by atoms with E-state index in [1.165, 1.54) is 0 Å². The van der Waals surface area contributed by atoms with Crippen molar-refractivity contribution in [3.63, 3.8) is 0 Å². The van der Waals surface area contributed by atoms with Gasteiger partial charge in [-0.25, -0.2) is 0 Å². The van der Waals surface area contributed by atoms with Crippen LogP contribution in [0.1, 0.15) is 47.8 Å². The number of nitrogens with one attached hydrogen (secondary N) is 1. The molecule has 0 unspecified atom stereocenters. The molecule has 0 radical (unpaired) electrons. The minimum atomic E-state index is -0.242. The van der Waals surface area contributed by atoms with Crippen molar-refractivity contribution in [2.24, 2.45) is 7.05 Å².